The van der Waals surface area contributed by atoms with Crippen LogP contribution >= 0.6 is 11.3 Å². The molecule has 1 heterocycles. The SMILES string of the molecule is COC(=O)C(NC(C)c1ccsc1)C(C)C. The summed E-state index contributed by atoms with van der Waals surface area (Å²) in [6.45, 7) is 6.07. The van der Waals surface area contributed by atoms with Crippen molar-refractivity contribution >= 4 is 17.3 Å². The molecule has 0 saturated heterocycles. The van der Waals surface area contributed by atoms with Crippen molar-refractivity contribution in [2.45, 2.75) is 32.9 Å². The molecule has 0 saturated carbocycles. The lowest BCUT2D eigenvalue weighted by Gasteiger charge is -2.23. The fraction of sp³-hybridized carbons (Fsp3) is 0.583. The van der Waals surface area contributed by atoms with Crippen molar-refractivity contribution in [2.75, 3.05) is 7.11 Å². The van der Waals surface area contributed by atoms with Gasteiger partial charge in [-0.3, -0.25) is 10.1 Å². The number of ether oxygens (including phenoxy) is 1. The molecule has 2 unspecified atom stereocenters. The minimum absolute atomic E-state index is 0.165. The first kappa shape index (κ1) is 13.2. The van der Waals surface area contributed by atoms with Crippen LogP contribution in [0.4, 0.5) is 0 Å². The van der Waals surface area contributed by atoms with E-state index >= 15 is 0 Å². The maximum absolute atomic E-state index is 11.6. The fourth-order valence-electron chi connectivity index (χ4n) is 1.55. The van der Waals surface area contributed by atoms with Gasteiger partial charge < -0.3 is 4.74 Å². The molecule has 16 heavy (non-hydrogen) atoms. The molecular formula is C12H19NO2S. The Morgan fingerprint density at radius 1 is 1.44 bits per heavy atom. The van der Waals surface area contributed by atoms with Crippen molar-refractivity contribution in [3.63, 3.8) is 0 Å². The van der Waals surface area contributed by atoms with Crippen LogP contribution in [0.3, 0.4) is 0 Å². The third kappa shape index (κ3) is 3.32. The van der Waals surface area contributed by atoms with Crippen molar-refractivity contribution in [3.8, 4) is 0 Å². The van der Waals surface area contributed by atoms with E-state index < -0.39 is 0 Å². The van der Waals surface area contributed by atoms with Gasteiger partial charge in [0, 0.05) is 6.04 Å². The average Bonchev–Trinajstić information content (AvgIpc) is 2.77. The maximum atomic E-state index is 11.6. The Hall–Kier alpha value is -0.870. The molecule has 0 aliphatic rings. The van der Waals surface area contributed by atoms with Gasteiger partial charge in [0.25, 0.3) is 0 Å². The zero-order valence-electron chi connectivity index (χ0n) is 10.2. The lowest BCUT2D eigenvalue weighted by Crippen LogP contribution is -2.42. The van der Waals surface area contributed by atoms with Crippen LogP contribution in [-0.4, -0.2) is 19.1 Å². The van der Waals surface area contributed by atoms with Gasteiger partial charge in [0.2, 0.25) is 0 Å². The molecule has 1 aromatic heterocycles. The summed E-state index contributed by atoms with van der Waals surface area (Å²) in [7, 11) is 1.43. The number of carbonyl (C=O) groups is 1. The van der Waals surface area contributed by atoms with Crippen molar-refractivity contribution in [1.82, 2.24) is 5.32 Å². The molecule has 1 aromatic rings. The summed E-state index contributed by atoms with van der Waals surface area (Å²) in [5, 5.41) is 7.43. The number of methoxy groups -OCH3 is 1. The van der Waals surface area contributed by atoms with Gasteiger partial charge in [-0.15, -0.1) is 0 Å². The van der Waals surface area contributed by atoms with Crippen molar-refractivity contribution in [3.05, 3.63) is 22.4 Å². The molecule has 1 N–H and O–H groups in total. The summed E-state index contributed by atoms with van der Waals surface area (Å²) >= 11 is 1.66. The minimum atomic E-state index is -0.250. The maximum Gasteiger partial charge on any atom is 0.323 e. The topological polar surface area (TPSA) is 38.3 Å². The molecule has 0 amide bonds. The van der Waals surface area contributed by atoms with E-state index in [4.69, 9.17) is 4.74 Å². The molecule has 0 bridgehead atoms. The second-order valence-corrected chi connectivity index (χ2v) is 4.97. The zero-order valence-corrected chi connectivity index (χ0v) is 11.0. The van der Waals surface area contributed by atoms with E-state index in [1.807, 2.05) is 19.2 Å². The molecule has 0 aliphatic heterocycles. The molecule has 1 rings (SSSR count). The van der Waals surface area contributed by atoms with Crippen LogP contribution in [-0.2, 0) is 9.53 Å². The number of thiophene rings is 1. The molecule has 0 aliphatic carbocycles. The molecule has 90 valence electrons. The van der Waals surface area contributed by atoms with E-state index in [-0.39, 0.29) is 24.0 Å². The highest BCUT2D eigenvalue weighted by Crippen LogP contribution is 2.18. The Labute approximate surface area is 101 Å². The van der Waals surface area contributed by atoms with Crippen LogP contribution in [0.5, 0.6) is 0 Å². The van der Waals surface area contributed by atoms with Gasteiger partial charge in [-0.1, -0.05) is 13.8 Å². The summed E-state index contributed by atoms with van der Waals surface area (Å²) in [5.41, 5.74) is 1.21. The molecule has 0 fully saturated rings. The van der Waals surface area contributed by atoms with Crippen molar-refractivity contribution in [2.24, 2.45) is 5.92 Å². The van der Waals surface area contributed by atoms with E-state index in [1.54, 1.807) is 11.3 Å². The molecule has 0 radical (unpaired) electrons. The Morgan fingerprint density at radius 3 is 2.56 bits per heavy atom. The monoisotopic (exact) mass is 241 g/mol. The predicted octanol–water partition coefficient (Wildman–Crippen LogP) is 2.60. The normalized spacial score (nSPS) is 14.8. The second-order valence-electron chi connectivity index (χ2n) is 4.19. The van der Waals surface area contributed by atoms with Crippen LogP contribution in [0.25, 0.3) is 0 Å². The molecule has 0 aromatic carbocycles. The number of esters is 1. The van der Waals surface area contributed by atoms with Gasteiger partial charge in [0.15, 0.2) is 0 Å². The number of nitrogens with one attached hydrogen (secondary N) is 1. The van der Waals surface area contributed by atoms with Crippen LogP contribution < -0.4 is 5.32 Å². The van der Waals surface area contributed by atoms with Gasteiger partial charge in [-0.25, -0.2) is 0 Å². The molecule has 3 nitrogen and oxygen atoms in total. The van der Waals surface area contributed by atoms with Crippen molar-refractivity contribution < 1.29 is 9.53 Å². The summed E-state index contributed by atoms with van der Waals surface area (Å²) < 4.78 is 4.79. The van der Waals surface area contributed by atoms with Crippen LogP contribution in [0.1, 0.15) is 32.4 Å². The van der Waals surface area contributed by atoms with E-state index in [1.165, 1.54) is 12.7 Å². The average molecular weight is 241 g/mol. The lowest BCUT2D eigenvalue weighted by atomic mass is 10.0. The highest BCUT2D eigenvalue weighted by molar-refractivity contribution is 7.07. The predicted molar refractivity (Wildman–Crippen MR) is 66.5 cm³/mol. The Kier molecular flexibility index (Phi) is 4.96. The van der Waals surface area contributed by atoms with Gasteiger partial charge in [-0.05, 0) is 35.2 Å². The van der Waals surface area contributed by atoms with Gasteiger partial charge in [0.05, 0.1) is 7.11 Å². The minimum Gasteiger partial charge on any atom is -0.468 e. The summed E-state index contributed by atoms with van der Waals surface area (Å²) in [5.74, 6) is 0.0191. The Balaban J connectivity index is 2.65. The molecule has 2 atom stereocenters. The van der Waals surface area contributed by atoms with Gasteiger partial charge >= 0.3 is 5.97 Å². The van der Waals surface area contributed by atoms with Crippen LogP contribution in [0.2, 0.25) is 0 Å². The van der Waals surface area contributed by atoms with Gasteiger partial charge in [0.1, 0.15) is 6.04 Å². The lowest BCUT2D eigenvalue weighted by molar-refractivity contribution is -0.144. The number of rotatable bonds is 5. The third-order valence-corrected chi connectivity index (χ3v) is 3.30. The Morgan fingerprint density at radius 2 is 2.12 bits per heavy atom. The fourth-order valence-corrected chi connectivity index (χ4v) is 2.30. The van der Waals surface area contributed by atoms with E-state index in [2.05, 4.69) is 23.7 Å². The number of carbonyl (C=O) groups excluding carboxylic acids is 1. The molecular weight excluding hydrogens is 222 g/mol. The first-order valence-corrected chi connectivity index (χ1v) is 6.36. The quantitative estimate of drug-likeness (QED) is 0.805. The zero-order chi connectivity index (χ0) is 12.1. The first-order chi connectivity index (χ1) is 7.56. The van der Waals surface area contributed by atoms with Crippen LogP contribution in [0, 0.1) is 5.92 Å². The van der Waals surface area contributed by atoms with Gasteiger partial charge in [-0.2, -0.15) is 11.3 Å². The summed E-state index contributed by atoms with van der Waals surface area (Å²) in [4.78, 5) is 11.6. The first-order valence-electron chi connectivity index (χ1n) is 5.42. The second kappa shape index (κ2) is 6.01. The molecule has 0 spiro atoms. The van der Waals surface area contributed by atoms with Crippen LogP contribution in [0.15, 0.2) is 16.8 Å². The Bertz CT molecular complexity index is 322. The largest absolute Gasteiger partial charge is 0.468 e. The molecule has 4 heteroatoms. The smallest absolute Gasteiger partial charge is 0.323 e. The number of hydrogen-bond donors (Lipinski definition) is 1. The highest BCUT2D eigenvalue weighted by Gasteiger charge is 2.24. The van der Waals surface area contributed by atoms with E-state index in [0.717, 1.165) is 0 Å². The van der Waals surface area contributed by atoms with E-state index in [9.17, 15) is 4.79 Å². The van der Waals surface area contributed by atoms with Crippen molar-refractivity contribution in [1.29, 1.82) is 0 Å². The summed E-state index contributed by atoms with van der Waals surface area (Å²) in [6, 6.07) is 1.98. The summed E-state index contributed by atoms with van der Waals surface area (Å²) in [6.07, 6.45) is 0. The standard InChI is InChI=1S/C12H19NO2S/c1-8(2)11(12(14)15-4)13-9(3)10-5-6-16-7-10/h5-9,11,13H,1-4H3. The number of hydrogen-bond acceptors (Lipinski definition) is 4. The van der Waals surface area contributed by atoms with E-state index in [0.29, 0.717) is 0 Å². The third-order valence-electron chi connectivity index (χ3n) is 2.59. The highest BCUT2D eigenvalue weighted by atomic mass is 32.1.